The van der Waals surface area contributed by atoms with Crippen molar-refractivity contribution in [3.63, 3.8) is 0 Å². The molecule has 3 aromatic heterocycles. The van der Waals surface area contributed by atoms with Crippen LogP contribution in [0.2, 0.25) is 0 Å². The van der Waals surface area contributed by atoms with Gasteiger partial charge in [-0.15, -0.1) is 11.3 Å². The predicted molar refractivity (Wildman–Crippen MR) is 209 cm³/mol. The van der Waals surface area contributed by atoms with E-state index in [0.29, 0.717) is 10.1 Å². The van der Waals surface area contributed by atoms with Crippen LogP contribution in [-0.2, 0) is 0 Å². The zero-order valence-electron chi connectivity index (χ0n) is 48.1. The molecular weight excluding hydrogens is 629 g/mol. The van der Waals surface area contributed by atoms with Crippen molar-refractivity contribution >= 4 is 53.6 Å². The van der Waals surface area contributed by atoms with Gasteiger partial charge in [-0.1, -0.05) is 133 Å². The largest absolute Gasteiger partial charge is 0.455 e. The van der Waals surface area contributed by atoms with E-state index >= 15 is 0 Å². The highest BCUT2D eigenvalue weighted by Crippen LogP contribution is 2.41. The Hall–Kier alpha value is -6.36. The molecule has 10 rings (SSSR count). The quantitative estimate of drug-likeness (QED) is 0.182. The maximum Gasteiger partial charge on any atom is 0.143 e. The number of benzene rings is 7. The maximum absolute atomic E-state index is 9.59. The van der Waals surface area contributed by atoms with Gasteiger partial charge in [-0.2, -0.15) is 0 Å². The molecule has 0 aliphatic heterocycles. The van der Waals surface area contributed by atoms with Crippen molar-refractivity contribution < 1.29 is 35.9 Å². The third-order valence-corrected chi connectivity index (χ3v) is 9.06. The molecule has 7 aromatic carbocycles. The summed E-state index contributed by atoms with van der Waals surface area (Å²) in [6, 6.07) is -9.88. The van der Waals surface area contributed by atoms with Gasteiger partial charge in [0.25, 0.3) is 0 Å². The second kappa shape index (κ2) is 11.7. The summed E-state index contributed by atoms with van der Waals surface area (Å²) in [4.78, 5) is 8.88. The van der Waals surface area contributed by atoms with E-state index in [-0.39, 0.29) is 43.4 Å². The summed E-state index contributed by atoms with van der Waals surface area (Å²) < 4.78 is 208. The molecule has 0 amide bonds. The van der Waals surface area contributed by atoms with Crippen LogP contribution in [0.4, 0.5) is 0 Å². The number of hydrogen-bond donors (Lipinski definition) is 0. The van der Waals surface area contributed by atoms with E-state index in [1.54, 1.807) is 6.07 Å². The summed E-state index contributed by atoms with van der Waals surface area (Å²) in [5, 5.41) is -0.201. The lowest BCUT2D eigenvalue weighted by Gasteiger charge is -2.09. The SMILES string of the molecule is [2H]c1cc([2H])c(-c2c([2H])c([2H])c([2H])c3c2oc2c([2H])c([2H])c([2H])c([2H])c23)c([2H])c1-c1c([2H])c([2H])c([2H])c(-c2ncnc3c2sc2ccc(-c4c([2H])c([2H])c(-c5c([2H])c([2H])c([2H])c([2H])c5[2H])c([2H])c4[2H])cc23)c1[2H]. The van der Waals surface area contributed by atoms with E-state index in [1.807, 2.05) is 0 Å². The molecule has 0 aliphatic carbocycles. The molecular formula is C46H28N2OS. The monoisotopic (exact) mass is 679 g/mol. The minimum absolute atomic E-state index is 0.0812. The number of hydrogen-bond acceptors (Lipinski definition) is 4. The standard InChI is InChI=1S/C46H28N2OS/c1-2-9-29(10-3-1)30-19-21-31(22-20-30)34-23-24-42-40(27-34)44-46(50-42)43(47-28-48-44)36-14-7-12-33(26-36)32-11-6-13-35(25-32)37-16-8-17-39-38-15-4-5-18-41(38)49-45(37)39/h1-28H/i1D,2D,3D,4D,5D,7D,8D,9D,10D,11D,12D,13D,14D,15D,16D,17D,18D,19D,20D,21D,22D,25D,26D. The van der Waals surface area contributed by atoms with Crippen molar-refractivity contribution in [2.75, 3.05) is 0 Å². The second-order valence-corrected chi connectivity index (χ2v) is 11.8. The normalized spacial score (nSPS) is 18.0. The molecule has 4 heteroatoms. The minimum atomic E-state index is -0.764. The van der Waals surface area contributed by atoms with Crippen LogP contribution >= 0.6 is 11.3 Å². The van der Waals surface area contributed by atoms with Gasteiger partial charge in [-0.05, 0) is 69.2 Å². The smallest absolute Gasteiger partial charge is 0.143 e. The Morgan fingerprint density at radius 2 is 1.20 bits per heavy atom. The molecule has 0 bridgehead atoms. The van der Waals surface area contributed by atoms with Gasteiger partial charge in [0.15, 0.2) is 0 Å². The molecule has 0 saturated heterocycles. The number of fused-ring (bicyclic) bond motifs is 6. The summed E-state index contributed by atoms with van der Waals surface area (Å²) in [5.41, 5.74) is -4.02. The summed E-state index contributed by atoms with van der Waals surface area (Å²) in [5.74, 6) is 0. The molecule has 0 saturated carbocycles. The van der Waals surface area contributed by atoms with Crippen LogP contribution in [0.15, 0.2) is 174 Å². The first kappa shape index (κ1) is 13.9. The highest BCUT2D eigenvalue weighted by atomic mass is 32.1. The lowest BCUT2D eigenvalue weighted by molar-refractivity contribution is 0.670. The highest BCUT2D eigenvalue weighted by molar-refractivity contribution is 7.26. The molecule has 3 nitrogen and oxygen atoms in total. The van der Waals surface area contributed by atoms with E-state index in [0.717, 1.165) is 23.7 Å². The Morgan fingerprint density at radius 3 is 2.10 bits per heavy atom. The van der Waals surface area contributed by atoms with Crippen molar-refractivity contribution in [1.82, 2.24) is 9.97 Å². The lowest BCUT2D eigenvalue weighted by Crippen LogP contribution is -1.88. The third-order valence-electron chi connectivity index (χ3n) is 7.90. The Labute approximate surface area is 325 Å². The van der Waals surface area contributed by atoms with Gasteiger partial charge < -0.3 is 4.42 Å². The number of thiophene rings is 1. The number of para-hydroxylation sites is 2. The van der Waals surface area contributed by atoms with Gasteiger partial charge in [-0.3, -0.25) is 0 Å². The molecule has 3 heterocycles. The molecule has 234 valence electrons. The lowest BCUT2D eigenvalue weighted by atomic mass is 9.96. The van der Waals surface area contributed by atoms with Gasteiger partial charge in [-0.25, -0.2) is 9.97 Å². The minimum Gasteiger partial charge on any atom is -0.455 e. The van der Waals surface area contributed by atoms with Crippen LogP contribution in [0.3, 0.4) is 0 Å². The molecule has 10 aromatic rings. The summed E-state index contributed by atoms with van der Waals surface area (Å²) >= 11 is 1.08. The predicted octanol–water partition coefficient (Wildman–Crippen LogP) is 13.1. The molecule has 0 unspecified atom stereocenters. The molecule has 0 spiro atoms. The number of rotatable bonds is 5. The van der Waals surface area contributed by atoms with Crippen molar-refractivity contribution in [3.05, 3.63) is 170 Å². The topological polar surface area (TPSA) is 38.9 Å². The zero-order chi connectivity index (χ0) is 53.0. The molecule has 0 atom stereocenters. The second-order valence-electron chi connectivity index (χ2n) is 10.8. The van der Waals surface area contributed by atoms with Crippen LogP contribution in [0, 0.1) is 0 Å². The first-order valence-electron chi connectivity index (χ1n) is 26.3. The Balaban J connectivity index is 1.17. The van der Waals surface area contributed by atoms with E-state index in [9.17, 15) is 2.74 Å². The van der Waals surface area contributed by atoms with Gasteiger partial charge in [0.1, 0.15) is 17.5 Å². The van der Waals surface area contributed by atoms with Crippen molar-refractivity contribution in [2.24, 2.45) is 0 Å². The van der Waals surface area contributed by atoms with Gasteiger partial charge >= 0.3 is 0 Å². The van der Waals surface area contributed by atoms with E-state index in [2.05, 4.69) is 9.97 Å². The van der Waals surface area contributed by atoms with Crippen molar-refractivity contribution in [2.45, 2.75) is 0 Å². The van der Waals surface area contributed by atoms with Gasteiger partial charge in [0, 0.05) is 32.0 Å². The van der Waals surface area contributed by atoms with Crippen LogP contribution in [-0.4, -0.2) is 9.97 Å². The van der Waals surface area contributed by atoms with E-state index < -0.39 is 184 Å². The van der Waals surface area contributed by atoms with E-state index in [4.69, 9.17) is 33.2 Å². The van der Waals surface area contributed by atoms with Crippen LogP contribution < -0.4 is 0 Å². The average Bonchev–Trinajstić information content (AvgIpc) is 3.95. The molecule has 0 radical (unpaired) electrons. The average molecular weight is 680 g/mol. The first-order valence-corrected chi connectivity index (χ1v) is 15.7. The van der Waals surface area contributed by atoms with Gasteiger partial charge in [0.2, 0.25) is 0 Å². The molecule has 0 fully saturated rings. The fourth-order valence-corrected chi connectivity index (χ4v) is 6.74. The zero-order valence-corrected chi connectivity index (χ0v) is 25.9. The van der Waals surface area contributed by atoms with Crippen LogP contribution in [0.1, 0.15) is 31.5 Å². The van der Waals surface area contributed by atoms with Crippen LogP contribution in [0.5, 0.6) is 0 Å². The number of furan rings is 1. The first-order chi connectivity index (χ1) is 34.3. The Kier molecular flexibility index (Phi) is 3.23. The van der Waals surface area contributed by atoms with Crippen molar-refractivity contribution in [1.29, 1.82) is 0 Å². The van der Waals surface area contributed by atoms with Gasteiger partial charge in [0.05, 0.1) is 47.4 Å². The summed E-state index contributed by atoms with van der Waals surface area (Å²) in [6.45, 7) is 0. The number of aromatic nitrogens is 2. The number of nitrogens with zero attached hydrogens (tertiary/aromatic N) is 2. The fraction of sp³-hybridized carbons (Fsp3) is 0. The molecule has 50 heavy (non-hydrogen) atoms. The fourth-order valence-electron chi connectivity index (χ4n) is 5.61. The molecule has 0 aliphatic rings. The Morgan fingerprint density at radius 1 is 0.520 bits per heavy atom. The third kappa shape index (κ3) is 4.80. The summed E-state index contributed by atoms with van der Waals surface area (Å²) in [7, 11) is 0. The Bertz CT molecular complexity index is 4150. The summed E-state index contributed by atoms with van der Waals surface area (Å²) in [6.07, 6.45) is 1.11. The molecule has 0 N–H and O–H groups in total. The highest BCUT2D eigenvalue weighted by Gasteiger charge is 2.16. The maximum atomic E-state index is 9.59. The van der Waals surface area contributed by atoms with Crippen LogP contribution in [0.25, 0.3) is 98.0 Å². The van der Waals surface area contributed by atoms with E-state index in [1.165, 1.54) is 12.1 Å². The van der Waals surface area contributed by atoms with Crippen molar-refractivity contribution in [3.8, 4) is 55.8 Å².